The normalized spacial score (nSPS) is 32.1. The van der Waals surface area contributed by atoms with Crippen molar-refractivity contribution in [2.75, 3.05) is 0 Å². The zero-order valence-corrected chi connectivity index (χ0v) is 7.09. The van der Waals surface area contributed by atoms with E-state index >= 15 is 0 Å². The molecule has 0 spiro atoms. The minimum Gasteiger partial charge on any atom is -0.0806 e. The van der Waals surface area contributed by atoms with Gasteiger partial charge in [0.1, 0.15) is 0 Å². The van der Waals surface area contributed by atoms with Gasteiger partial charge in [-0.1, -0.05) is 37.6 Å². The molecule has 0 bridgehead atoms. The van der Waals surface area contributed by atoms with Crippen LogP contribution in [0.25, 0.3) is 0 Å². The molecule has 2 unspecified atom stereocenters. The van der Waals surface area contributed by atoms with Crippen LogP contribution in [0.1, 0.15) is 27.2 Å². The monoisotopic (exact) mass is 136 g/mol. The summed E-state index contributed by atoms with van der Waals surface area (Å²) < 4.78 is 0. The lowest BCUT2D eigenvalue weighted by Gasteiger charge is -2.19. The molecule has 0 aliphatic heterocycles. The average molecular weight is 136 g/mol. The van der Waals surface area contributed by atoms with Gasteiger partial charge in [0.2, 0.25) is 0 Å². The van der Waals surface area contributed by atoms with E-state index in [4.69, 9.17) is 0 Å². The summed E-state index contributed by atoms with van der Waals surface area (Å²) >= 11 is 0. The third-order valence-corrected chi connectivity index (χ3v) is 2.28. The quantitative estimate of drug-likeness (QED) is 0.519. The first-order valence-corrected chi connectivity index (χ1v) is 4.10. The van der Waals surface area contributed by atoms with Gasteiger partial charge in [-0.3, -0.25) is 0 Å². The van der Waals surface area contributed by atoms with Crippen LogP contribution in [0.15, 0.2) is 23.8 Å². The zero-order chi connectivity index (χ0) is 7.56. The standard InChI is InChI=1S/C10H16/c1-4-10-6-5-8(2)7-9(10)3/h5-7,9-10H,4H2,1-3H3. The molecule has 0 fully saturated rings. The van der Waals surface area contributed by atoms with Gasteiger partial charge in [0.25, 0.3) is 0 Å². The maximum atomic E-state index is 2.36. The Morgan fingerprint density at radius 1 is 1.50 bits per heavy atom. The number of hydrogen-bond acceptors (Lipinski definition) is 0. The second-order valence-corrected chi connectivity index (χ2v) is 3.20. The molecule has 0 saturated heterocycles. The van der Waals surface area contributed by atoms with Crippen molar-refractivity contribution in [2.45, 2.75) is 27.2 Å². The van der Waals surface area contributed by atoms with Gasteiger partial charge in [-0.05, 0) is 25.2 Å². The third kappa shape index (κ3) is 1.50. The van der Waals surface area contributed by atoms with Gasteiger partial charge in [-0.2, -0.15) is 0 Å². The number of hydrogen-bond donors (Lipinski definition) is 0. The van der Waals surface area contributed by atoms with Crippen molar-refractivity contribution < 1.29 is 0 Å². The van der Waals surface area contributed by atoms with Gasteiger partial charge in [-0.15, -0.1) is 0 Å². The van der Waals surface area contributed by atoms with E-state index in [9.17, 15) is 0 Å². The van der Waals surface area contributed by atoms with Crippen LogP contribution < -0.4 is 0 Å². The summed E-state index contributed by atoms with van der Waals surface area (Å²) in [7, 11) is 0. The summed E-state index contributed by atoms with van der Waals surface area (Å²) in [5.74, 6) is 1.53. The van der Waals surface area contributed by atoms with Crippen molar-refractivity contribution in [3.05, 3.63) is 23.8 Å². The van der Waals surface area contributed by atoms with Gasteiger partial charge >= 0.3 is 0 Å². The topological polar surface area (TPSA) is 0 Å². The van der Waals surface area contributed by atoms with Gasteiger partial charge in [0, 0.05) is 0 Å². The highest BCUT2D eigenvalue weighted by Gasteiger charge is 2.12. The number of allylic oxidation sites excluding steroid dienone is 4. The van der Waals surface area contributed by atoms with Gasteiger partial charge < -0.3 is 0 Å². The lowest BCUT2D eigenvalue weighted by atomic mass is 9.86. The Bertz CT molecular complexity index is 163. The maximum Gasteiger partial charge on any atom is -0.0172 e. The fourth-order valence-corrected chi connectivity index (χ4v) is 1.55. The Labute approximate surface area is 63.6 Å². The minimum atomic E-state index is 0.745. The Hall–Kier alpha value is -0.520. The van der Waals surface area contributed by atoms with E-state index in [1.54, 1.807) is 0 Å². The van der Waals surface area contributed by atoms with Crippen LogP contribution in [-0.4, -0.2) is 0 Å². The van der Waals surface area contributed by atoms with Crippen molar-refractivity contribution in [3.63, 3.8) is 0 Å². The highest BCUT2D eigenvalue weighted by Crippen LogP contribution is 2.24. The summed E-state index contributed by atoms with van der Waals surface area (Å²) in [6.45, 7) is 6.71. The number of rotatable bonds is 1. The molecule has 1 aliphatic rings. The van der Waals surface area contributed by atoms with Crippen LogP contribution in [0.3, 0.4) is 0 Å². The molecule has 0 radical (unpaired) electrons. The molecular formula is C10H16. The highest BCUT2D eigenvalue weighted by molar-refractivity contribution is 5.22. The smallest absolute Gasteiger partial charge is 0.0172 e. The SMILES string of the molecule is CCC1C=CC(C)=CC1C. The van der Waals surface area contributed by atoms with Crippen LogP contribution in [0.5, 0.6) is 0 Å². The fourth-order valence-electron chi connectivity index (χ4n) is 1.55. The van der Waals surface area contributed by atoms with E-state index in [0.717, 1.165) is 11.8 Å². The van der Waals surface area contributed by atoms with Crippen LogP contribution >= 0.6 is 0 Å². The van der Waals surface area contributed by atoms with Crippen molar-refractivity contribution in [1.29, 1.82) is 0 Å². The van der Waals surface area contributed by atoms with E-state index in [-0.39, 0.29) is 0 Å². The van der Waals surface area contributed by atoms with Gasteiger partial charge in [0.05, 0.1) is 0 Å². The summed E-state index contributed by atoms with van der Waals surface area (Å²) in [5.41, 5.74) is 1.41. The van der Waals surface area contributed by atoms with Crippen LogP contribution in [-0.2, 0) is 0 Å². The van der Waals surface area contributed by atoms with Crippen molar-refractivity contribution in [1.82, 2.24) is 0 Å². The van der Waals surface area contributed by atoms with E-state index in [1.165, 1.54) is 12.0 Å². The first-order valence-electron chi connectivity index (χ1n) is 4.10. The molecule has 10 heavy (non-hydrogen) atoms. The Morgan fingerprint density at radius 2 is 2.20 bits per heavy atom. The molecule has 0 aromatic rings. The van der Waals surface area contributed by atoms with E-state index in [0.29, 0.717) is 0 Å². The Balaban J connectivity index is 2.64. The molecule has 0 N–H and O–H groups in total. The molecule has 0 aromatic heterocycles. The van der Waals surface area contributed by atoms with Crippen molar-refractivity contribution in [3.8, 4) is 0 Å². The maximum absolute atomic E-state index is 2.36. The average Bonchev–Trinajstić information content (AvgIpc) is 1.88. The minimum absolute atomic E-state index is 0.745. The van der Waals surface area contributed by atoms with E-state index in [1.807, 2.05) is 0 Å². The molecular weight excluding hydrogens is 120 g/mol. The predicted octanol–water partition coefficient (Wildman–Crippen LogP) is 3.16. The molecule has 1 aliphatic carbocycles. The lowest BCUT2D eigenvalue weighted by molar-refractivity contribution is 0.489. The van der Waals surface area contributed by atoms with Crippen LogP contribution in [0.2, 0.25) is 0 Å². The summed E-state index contributed by atoms with van der Waals surface area (Å²) in [6.07, 6.45) is 8.18. The first kappa shape index (κ1) is 7.59. The molecule has 1 rings (SSSR count). The molecule has 0 nitrogen and oxygen atoms in total. The summed E-state index contributed by atoms with van der Waals surface area (Å²) in [4.78, 5) is 0. The first-order chi connectivity index (χ1) is 4.74. The van der Waals surface area contributed by atoms with Gasteiger partial charge in [0.15, 0.2) is 0 Å². The zero-order valence-electron chi connectivity index (χ0n) is 7.09. The lowest BCUT2D eigenvalue weighted by Crippen LogP contribution is -2.08. The molecule has 0 heteroatoms. The summed E-state index contributed by atoms with van der Waals surface area (Å²) in [6, 6.07) is 0. The highest BCUT2D eigenvalue weighted by atomic mass is 14.2. The van der Waals surface area contributed by atoms with E-state index < -0.39 is 0 Å². The summed E-state index contributed by atoms with van der Waals surface area (Å²) in [5, 5.41) is 0. The van der Waals surface area contributed by atoms with Crippen molar-refractivity contribution in [2.24, 2.45) is 11.8 Å². The molecule has 0 aromatic carbocycles. The second kappa shape index (κ2) is 3.05. The fraction of sp³-hybridized carbons (Fsp3) is 0.600. The van der Waals surface area contributed by atoms with Crippen LogP contribution in [0.4, 0.5) is 0 Å². The van der Waals surface area contributed by atoms with Crippen LogP contribution in [0, 0.1) is 11.8 Å². The van der Waals surface area contributed by atoms with Gasteiger partial charge in [-0.25, -0.2) is 0 Å². The molecule has 0 heterocycles. The largest absolute Gasteiger partial charge is 0.0806 e. The molecule has 0 saturated carbocycles. The molecule has 0 amide bonds. The molecule has 56 valence electrons. The van der Waals surface area contributed by atoms with E-state index in [2.05, 4.69) is 39.0 Å². The third-order valence-electron chi connectivity index (χ3n) is 2.28. The molecule has 2 atom stereocenters. The predicted molar refractivity (Wildman–Crippen MR) is 45.8 cm³/mol. The Morgan fingerprint density at radius 3 is 2.70 bits per heavy atom. The second-order valence-electron chi connectivity index (χ2n) is 3.20. The Kier molecular flexibility index (Phi) is 2.31. The van der Waals surface area contributed by atoms with Crippen molar-refractivity contribution >= 4 is 0 Å².